The van der Waals surface area contributed by atoms with Gasteiger partial charge in [0.15, 0.2) is 5.82 Å². The lowest BCUT2D eigenvalue weighted by Crippen LogP contribution is -2.40. The molecule has 5 aliphatic rings. The van der Waals surface area contributed by atoms with Crippen LogP contribution in [-0.4, -0.2) is 50.9 Å². The standard InChI is InChI=1S/C33H41N7O2S/c1-21-9-16-34-25-5-4-6-28(35-25)43-38-30(41)23-7-8-26(36-29(23)39-20-22(21)19-31(39,2)3)40-17-10-27(37-40)42-18-11-24-32(12-13-32)33(24)14-15-33/h4-8,10,17,21-22,24H,9,11-16,18-20H2,1-3H3,(H,34,35)(H,38,41). The number of aromatic nitrogens is 4. The molecule has 4 fully saturated rings. The monoisotopic (exact) mass is 599 g/mol. The average Bonchev–Trinajstić information content (AvgIpc) is 3.95. The molecule has 1 saturated heterocycles. The molecular weight excluding hydrogens is 558 g/mol. The molecule has 1 amide bonds. The number of pyridine rings is 2. The summed E-state index contributed by atoms with van der Waals surface area (Å²) in [6.45, 7) is 9.29. The minimum absolute atomic E-state index is 0.151. The highest BCUT2D eigenvalue weighted by Gasteiger charge is 2.85. The van der Waals surface area contributed by atoms with Gasteiger partial charge in [0.1, 0.15) is 16.7 Å². The summed E-state index contributed by atoms with van der Waals surface area (Å²) >= 11 is 1.23. The fourth-order valence-corrected chi connectivity index (χ4v) is 9.13. The topological polar surface area (TPSA) is 97.2 Å². The van der Waals surface area contributed by atoms with Crippen LogP contribution in [0.5, 0.6) is 5.88 Å². The van der Waals surface area contributed by atoms with E-state index in [1.54, 1.807) is 4.68 Å². The van der Waals surface area contributed by atoms with E-state index in [1.165, 1.54) is 37.6 Å². The Balaban J connectivity index is 1.05. The van der Waals surface area contributed by atoms with Gasteiger partial charge in [-0.1, -0.05) is 13.0 Å². The summed E-state index contributed by atoms with van der Waals surface area (Å²) in [7, 11) is 0. The summed E-state index contributed by atoms with van der Waals surface area (Å²) in [4.78, 5) is 25.7. The number of fused-ring (bicyclic) bond motifs is 7. The first kappa shape index (κ1) is 27.3. The number of anilines is 2. The van der Waals surface area contributed by atoms with E-state index in [4.69, 9.17) is 14.8 Å². The molecule has 43 heavy (non-hydrogen) atoms. The highest BCUT2D eigenvalue weighted by atomic mass is 32.2. The van der Waals surface area contributed by atoms with Gasteiger partial charge in [-0.3, -0.25) is 9.52 Å². The van der Waals surface area contributed by atoms with E-state index in [0.717, 1.165) is 55.7 Å². The summed E-state index contributed by atoms with van der Waals surface area (Å²) < 4.78 is 10.9. The summed E-state index contributed by atoms with van der Waals surface area (Å²) in [5.41, 5.74) is 1.81. The lowest BCUT2D eigenvalue weighted by atomic mass is 9.86. The van der Waals surface area contributed by atoms with Crippen molar-refractivity contribution in [2.75, 3.05) is 29.9 Å². The Hall–Kier alpha value is -3.27. The van der Waals surface area contributed by atoms with Crippen molar-refractivity contribution in [1.82, 2.24) is 24.5 Å². The zero-order valence-electron chi connectivity index (χ0n) is 25.3. The molecule has 3 aliphatic carbocycles. The van der Waals surface area contributed by atoms with Crippen molar-refractivity contribution in [3.05, 3.63) is 48.2 Å². The SMILES string of the molecule is CC1CCNc2cccc(n2)SNC(=O)c2ccc(-n3ccc(OCCC4C5(CC5)C45CC5)n3)nc2N2CC1CC2(C)C. The van der Waals surface area contributed by atoms with E-state index < -0.39 is 0 Å². The zero-order chi connectivity index (χ0) is 29.4. The molecule has 2 unspecified atom stereocenters. The Morgan fingerprint density at radius 1 is 1.07 bits per heavy atom. The number of amides is 1. The number of hydrogen-bond donors (Lipinski definition) is 2. The Kier molecular flexibility index (Phi) is 6.27. The third-order valence-electron chi connectivity index (χ3n) is 11.2. The molecule has 2 aliphatic heterocycles. The minimum atomic E-state index is -0.187. The Bertz CT molecular complexity index is 1540. The molecule has 0 radical (unpaired) electrons. The van der Waals surface area contributed by atoms with Crippen LogP contribution in [0.15, 0.2) is 47.6 Å². The first-order valence-electron chi connectivity index (χ1n) is 15.9. The predicted molar refractivity (Wildman–Crippen MR) is 168 cm³/mol. The van der Waals surface area contributed by atoms with E-state index in [-0.39, 0.29) is 11.4 Å². The quantitative estimate of drug-likeness (QED) is 0.339. The van der Waals surface area contributed by atoms with Gasteiger partial charge in [-0.2, -0.15) is 0 Å². The predicted octanol–water partition coefficient (Wildman–Crippen LogP) is 6.12. The number of ether oxygens (including phenoxy) is 1. The van der Waals surface area contributed by atoms with Crippen LogP contribution in [0.25, 0.3) is 5.82 Å². The van der Waals surface area contributed by atoms with Crippen LogP contribution < -0.4 is 19.7 Å². The Morgan fingerprint density at radius 3 is 2.67 bits per heavy atom. The van der Waals surface area contributed by atoms with Crippen LogP contribution in [0.4, 0.5) is 11.6 Å². The highest BCUT2D eigenvalue weighted by molar-refractivity contribution is 7.97. The lowest BCUT2D eigenvalue weighted by Gasteiger charge is -2.34. The molecule has 10 heteroatoms. The molecule has 5 heterocycles. The fourth-order valence-electron chi connectivity index (χ4n) is 8.54. The maximum Gasteiger partial charge on any atom is 0.265 e. The van der Waals surface area contributed by atoms with Crippen molar-refractivity contribution in [3.8, 4) is 11.7 Å². The van der Waals surface area contributed by atoms with Gasteiger partial charge >= 0.3 is 0 Å². The number of carbonyl (C=O) groups excluding carboxylic acids is 1. The molecule has 2 spiro atoms. The van der Waals surface area contributed by atoms with E-state index in [1.807, 2.05) is 42.6 Å². The molecule has 3 saturated carbocycles. The summed E-state index contributed by atoms with van der Waals surface area (Å²) in [5.74, 6) is 4.50. The third-order valence-corrected chi connectivity index (χ3v) is 12.0. The number of nitrogens with one attached hydrogen (secondary N) is 2. The van der Waals surface area contributed by atoms with Gasteiger partial charge in [-0.15, -0.1) is 5.10 Å². The van der Waals surface area contributed by atoms with Gasteiger partial charge < -0.3 is 15.0 Å². The van der Waals surface area contributed by atoms with Crippen LogP contribution in [0.1, 0.15) is 76.1 Å². The maximum atomic E-state index is 13.6. The second-order valence-corrected chi connectivity index (χ2v) is 14.9. The second-order valence-electron chi connectivity index (χ2n) is 14.1. The average molecular weight is 600 g/mol. The Morgan fingerprint density at radius 2 is 1.88 bits per heavy atom. The summed E-state index contributed by atoms with van der Waals surface area (Å²) in [6.07, 6.45) is 10.8. The number of carbonyl (C=O) groups is 1. The van der Waals surface area contributed by atoms with E-state index in [0.29, 0.717) is 45.7 Å². The van der Waals surface area contributed by atoms with Gasteiger partial charge in [0.2, 0.25) is 5.88 Å². The number of rotatable bonds is 5. The van der Waals surface area contributed by atoms with Crippen LogP contribution in [0, 0.1) is 28.6 Å². The van der Waals surface area contributed by atoms with E-state index in [9.17, 15) is 4.79 Å². The molecule has 0 aromatic carbocycles. The van der Waals surface area contributed by atoms with Crippen molar-refractivity contribution in [1.29, 1.82) is 0 Å². The minimum Gasteiger partial charge on any atom is -0.477 e. The van der Waals surface area contributed by atoms with Crippen LogP contribution in [0.3, 0.4) is 0 Å². The van der Waals surface area contributed by atoms with Gasteiger partial charge in [0, 0.05) is 42.8 Å². The lowest BCUT2D eigenvalue weighted by molar-refractivity contribution is 0.0984. The van der Waals surface area contributed by atoms with E-state index in [2.05, 4.69) is 40.7 Å². The van der Waals surface area contributed by atoms with Crippen molar-refractivity contribution in [2.24, 2.45) is 28.6 Å². The third kappa shape index (κ3) is 4.67. The molecule has 226 valence electrons. The van der Waals surface area contributed by atoms with Gasteiger partial charge in [-0.25, -0.2) is 14.6 Å². The normalized spacial score (nSPS) is 26.2. The molecular formula is C33H41N7O2S. The van der Waals surface area contributed by atoms with E-state index >= 15 is 0 Å². The van der Waals surface area contributed by atoms with Crippen molar-refractivity contribution < 1.29 is 9.53 Å². The first-order valence-corrected chi connectivity index (χ1v) is 16.8. The highest BCUT2D eigenvalue weighted by Crippen LogP contribution is 2.93. The van der Waals surface area contributed by atoms with Crippen molar-refractivity contribution >= 4 is 29.5 Å². The van der Waals surface area contributed by atoms with Crippen LogP contribution in [0.2, 0.25) is 0 Å². The van der Waals surface area contributed by atoms with Crippen molar-refractivity contribution in [2.45, 2.75) is 76.3 Å². The maximum absolute atomic E-state index is 13.6. The zero-order valence-corrected chi connectivity index (χ0v) is 26.1. The summed E-state index contributed by atoms with van der Waals surface area (Å²) in [5, 5.41) is 8.93. The van der Waals surface area contributed by atoms with Crippen LogP contribution in [-0.2, 0) is 0 Å². The first-order chi connectivity index (χ1) is 20.8. The number of nitrogens with zero attached hydrogens (tertiary/aromatic N) is 5. The molecule has 2 N–H and O–H groups in total. The van der Waals surface area contributed by atoms with Crippen LogP contribution >= 0.6 is 11.9 Å². The molecule has 3 aromatic heterocycles. The molecule has 3 aromatic rings. The smallest absolute Gasteiger partial charge is 0.265 e. The largest absolute Gasteiger partial charge is 0.477 e. The molecule has 9 nitrogen and oxygen atoms in total. The Labute approximate surface area is 257 Å². The molecule has 2 atom stereocenters. The molecule has 8 rings (SSSR count). The second kappa shape index (κ2) is 9.87. The van der Waals surface area contributed by atoms with Crippen molar-refractivity contribution in [3.63, 3.8) is 0 Å². The molecule has 4 bridgehead atoms. The summed E-state index contributed by atoms with van der Waals surface area (Å²) in [6, 6.07) is 11.5. The van der Waals surface area contributed by atoms with Gasteiger partial charge in [-0.05, 0) is 112 Å². The van der Waals surface area contributed by atoms with Gasteiger partial charge in [0.25, 0.3) is 5.91 Å². The number of hydrogen-bond acceptors (Lipinski definition) is 8. The fraction of sp³-hybridized carbons (Fsp3) is 0.576. The van der Waals surface area contributed by atoms with Gasteiger partial charge in [0.05, 0.1) is 12.2 Å².